The molecular formula is C17H16N6O2. The maximum atomic E-state index is 11.2. The fourth-order valence-electron chi connectivity index (χ4n) is 2.60. The Bertz CT molecular complexity index is 987. The first-order valence-corrected chi connectivity index (χ1v) is 7.49. The number of benzene rings is 1. The summed E-state index contributed by atoms with van der Waals surface area (Å²) in [7, 11) is 0. The summed E-state index contributed by atoms with van der Waals surface area (Å²) in [6.07, 6.45) is 3.13. The van der Waals surface area contributed by atoms with Gasteiger partial charge in [-0.3, -0.25) is 9.59 Å². The molecule has 0 saturated heterocycles. The molecular weight excluding hydrogens is 320 g/mol. The Morgan fingerprint density at radius 2 is 1.96 bits per heavy atom. The number of anilines is 3. The fraction of sp³-hybridized carbons (Fsp3) is 0.118. The van der Waals surface area contributed by atoms with Crippen LogP contribution in [0.25, 0.3) is 11.0 Å². The van der Waals surface area contributed by atoms with Crippen LogP contribution in [0, 0.1) is 6.92 Å². The molecule has 0 saturated carbocycles. The molecule has 25 heavy (non-hydrogen) atoms. The van der Waals surface area contributed by atoms with Crippen molar-refractivity contribution in [1.29, 1.82) is 0 Å². The topological polar surface area (TPSA) is 137 Å². The standard InChI is InChI=1S/C17H16N6O2/c1-9-12(6-21-16-14(9)15(18)22-17(19)23-16)5-20-13-4-10(7-24)2-3-11(13)8-25/h2-4,6-8,20H,5H2,1H3,(H4,18,19,21,22,23). The number of nitrogen functional groups attached to an aromatic ring is 2. The molecule has 3 rings (SSSR count). The van der Waals surface area contributed by atoms with E-state index in [0.29, 0.717) is 34.4 Å². The minimum absolute atomic E-state index is 0.0732. The molecule has 8 nitrogen and oxygen atoms in total. The molecule has 0 spiro atoms. The minimum Gasteiger partial charge on any atom is -0.383 e. The van der Waals surface area contributed by atoms with Gasteiger partial charge in [0.2, 0.25) is 5.95 Å². The van der Waals surface area contributed by atoms with E-state index in [0.717, 1.165) is 23.7 Å². The van der Waals surface area contributed by atoms with Gasteiger partial charge in [-0.15, -0.1) is 0 Å². The molecule has 8 heteroatoms. The van der Waals surface area contributed by atoms with Crippen LogP contribution in [0.2, 0.25) is 0 Å². The first kappa shape index (κ1) is 16.3. The lowest BCUT2D eigenvalue weighted by atomic mass is 10.1. The predicted molar refractivity (Wildman–Crippen MR) is 95.4 cm³/mol. The van der Waals surface area contributed by atoms with Crippen LogP contribution < -0.4 is 16.8 Å². The van der Waals surface area contributed by atoms with Crippen LogP contribution in [0.3, 0.4) is 0 Å². The molecule has 0 unspecified atom stereocenters. The van der Waals surface area contributed by atoms with Crippen LogP contribution >= 0.6 is 0 Å². The molecule has 0 radical (unpaired) electrons. The lowest BCUT2D eigenvalue weighted by Crippen LogP contribution is -2.08. The summed E-state index contributed by atoms with van der Waals surface area (Å²) in [5.41, 5.74) is 15.2. The highest BCUT2D eigenvalue weighted by Crippen LogP contribution is 2.25. The van der Waals surface area contributed by atoms with Crippen LogP contribution in [0.1, 0.15) is 31.8 Å². The van der Waals surface area contributed by atoms with Crippen molar-refractivity contribution in [3.63, 3.8) is 0 Å². The van der Waals surface area contributed by atoms with Crippen molar-refractivity contribution in [3.05, 3.63) is 46.6 Å². The maximum absolute atomic E-state index is 11.2. The highest BCUT2D eigenvalue weighted by Gasteiger charge is 2.12. The summed E-state index contributed by atoms with van der Waals surface area (Å²) < 4.78 is 0. The van der Waals surface area contributed by atoms with E-state index in [-0.39, 0.29) is 11.8 Å². The number of carbonyl (C=O) groups excluding carboxylic acids is 2. The Kier molecular flexibility index (Phi) is 4.25. The van der Waals surface area contributed by atoms with Gasteiger partial charge in [0.1, 0.15) is 12.1 Å². The lowest BCUT2D eigenvalue weighted by molar-refractivity contribution is 0.111. The highest BCUT2D eigenvalue weighted by atomic mass is 16.1. The minimum atomic E-state index is 0.0732. The lowest BCUT2D eigenvalue weighted by Gasteiger charge is -2.13. The van der Waals surface area contributed by atoms with Gasteiger partial charge in [-0.1, -0.05) is 6.07 Å². The second-order valence-electron chi connectivity index (χ2n) is 5.51. The molecule has 5 N–H and O–H groups in total. The number of nitrogens with zero attached hydrogens (tertiary/aromatic N) is 3. The van der Waals surface area contributed by atoms with Gasteiger partial charge >= 0.3 is 0 Å². The van der Waals surface area contributed by atoms with Crippen molar-refractivity contribution in [2.45, 2.75) is 13.5 Å². The predicted octanol–water partition coefficient (Wildman–Crippen LogP) is 1.73. The van der Waals surface area contributed by atoms with Crippen LogP contribution in [0.15, 0.2) is 24.4 Å². The van der Waals surface area contributed by atoms with Gasteiger partial charge in [-0.05, 0) is 30.2 Å². The number of nitrogens with two attached hydrogens (primary N) is 2. The van der Waals surface area contributed by atoms with Crippen molar-refractivity contribution >= 4 is 41.1 Å². The number of aromatic nitrogens is 3. The second kappa shape index (κ2) is 6.52. The van der Waals surface area contributed by atoms with Crippen molar-refractivity contribution in [2.75, 3.05) is 16.8 Å². The summed E-state index contributed by atoms with van der Waals surface area (Å²) >= 11 is 0. The molecule has 126 valence electrons. The third-order valence-electron chi connectivity index (χ3n) is 3.94. The van der Waals surface area contributed by atoms with Gasteiger partial charge in [0.15, 0.2) is 11.9 Å². The molecule has 0 amide bonds. The van der Waals surface area contributed by atoms with E-state index in [9.17, 15) is 9.59 Å². The van der Waals surface area contributed by atoms with Gasteiger partial charge in [-0.2, -0.15) is 9.97 Å². The highest BCUT2D eigenvalue weighted by molar-refractivity contribution is 5.90. The number of hydrogen-bond donors (Lipinski definition) is 3. The number of carbonyl (C=O) groups is 2. The smallest absolute Gasteiger partial charge is 0.224 e. The number of fused-ring (bicyclic) bond motifs is 1. The van der Waals surface area contributed by atoms with Gasteiger partial charge < -0.3 is 16.8 Å². The van der Waals surface area contributed by atoms with E-state index in [1.165, 1.54) is 0 Å². The first-order valence-electron chi connectivity index (χ1n) is 7.49. The van der Waals surface area contributed by atoms with E-state index in [2.05, 4.69) is 20.3 Å². The summed E-state index contributed by atoms with van der Waals surface area (Å²) in [6, 6.07) is 4.81. The monoisotopic (exact) mass is 336 g/mol. The molecule has 2 heterocycles. The Balaban J connectivity index is 1.95. The second-order valence-corrected chi connectivity index (χ2v) is 5.51. The maximum Gasteiger partial charge on any atom is 0.224 e. The third-order valence-corrected chi connectivity index (χ3v) is 3.94. The molecule has 1 aromatic carbocycles. The largest absolute Gasteiger partial charge is 0.383 e. The molecule has 0 bridgehead atoms. The number of pyridine rings is 1. The fourth-order valence-corrected chi connectivity index (χ4v) is 2.60. The number of hydrogen-bond acceptors (Lipinski definition) is 8. The number of aldehydes is 2. The molecule has 0 aliphatic carbocycles. The number of rotatable bonds is 5. The van der Waals surface area contributed by atoms with Crippen molar-refractivity contribution in [1.82, 2.24) is 15.0 Å². The summed E-state index contributed by atoms with van der Waals surface area (Å²) in [6.45, 7) is 2.28. The van der Waals surface area contributed by atoms with Gasteiger partial charge in [0.05, 0.1) is 5.39 Å². The zero-order valence-electron chi connectivity index (χ0n) is 13.5. The van der Waals surface area contributed by atoms with E-state index in [4.69, 9.17) is 11.5 Å². The molecule has 0 aliphatic rings. The molecule has 0 atom stereocenters. The molecule has 0 aliphatic heterocycles. The van der Waals surface area contributed by atoms with Gasteiger partial charge in [0.25, 0.3) is 0 Å². The Hall–Kier alpha value is -3.55. The van der Waals surface area contributed by atoms with E-state index in [1.54, 1.807) is 24.4 Å². The quantitative estimate of drug-likeness (QED) is 0.599. The molecule has 2 aromatic heterocycles. The molecule has 3 aromatic rings. The molecule has 0 fully saturated rings. The van der Waals surface area contributed by atoms with E-state index in [1.807, 2.05) is 6.92 Å². The van der Waals surface area contributed by atoms with Crippen molar-refractivity contribution in [2.24, 2.45) is 0 Å². The van der Waals surface area contributed by atoms with Crippen molar-refractivity contribution < 1.29 is 9.59 Å². The Morgan fingerprint density at radius 3 is 2.68 bits per heavy atom. The average Bonchev–Trinajstić information content (AvgIpc) is 2.60. The Morgan fingerprint density at radius 1 is 1.16 bits per heavy atom. The summed E-state index contributed by atoms with van der Waals surface area (Å²) in [5.74, 6) is 0.343. The number of nitrogens with one attached hydrogen (secondary N) is 1. The SMILES string of the molecule is Cc1c(CNc2cc(C=O)ccc2C=O)cnc2nc(N)nc(N)c12. The third kappa shape index (κ3) is 3.09. The van der Waals surface area contributed by atoms with Crippen LogP contribution in [0.4, 0.5) is 17.5 Å². The Labute approximate surface area is 143 Å². The van der Waals surface area contributed by atoms with Gasteiger partial charge in [0, 0.05) is 29.6 Å². The van der Waals surface area contributed by atoms with Crippen LogP contribution in [-0.4, -0.2) is 27.5 Å². The normalized spacial score (nSPS) is 10.6. The van der Waals surface area contributed by atoms with Crippen LogP contribution in [-0.2, 0) is 6.54 Å². The summed E-state index contributed by atoms with van der Waals surface area (Å²) in [5, 5.41) is 3.80. The zero-order chi connectivity index (χ0) is 18.0. The van der Waals surface area contributed by atoms with E-state index >= 15 is 0 Å². The van der Waals surface area contributed by atoms with Crippen molar-refractivity contribution in [3.8, 4) is 0 Å². The summed E-state index contributed by atoms with van der Waals surface area (Å²) in [4.78, 5) is 34.4. The van der Waals surface area contributed by atoms with E-state index < -0.39 is 0 Å². The number of aryl methyl sites for hydroxylation is 1. The average molecular weight is 336 g/mol. The zero-order valence-corrected chi connectivity index (χ0v) is 13.5. The van der Waals surface area contributed by atoms with Gasteiger partial charge in [-0.25, -0.2) is 4.98 Å². The van der Waals surface area contributed by atoms with Crippen LogP contribution in [0.5, 0.6) is 0 Å². The first-order chi connectivity index (χ1) is 12.0.